The number of thiophene rings is 1. The van der Waals surface area contributed by atoms with Gasteiger partial charge >= 0.3 is 0 Å². The number of hydrogen-bond donors (Lipinski definition) is 1. The van der Waals surface area contributed by atoms with E-state index in [1.54, 1.807) is 24.7 Å². The third-order valence-corrected chi connectivity index (χ3v) is 4.84. The van der Waals surface area contributed by atoms with Gasteiger partial charge in [-0.25, -0.2) is 0 Å². The maximum absolute atomic E-state index is 4.37. The molecule has 0 fully saturated rings. The number of aliphatic imine (C=N–C) groups is 1. The molecule has 0 spiro atoms. The molecule has 0 amide bonds. The van der Waals surface area contributed by atoms with Crippen molar-refractivity contribution in [1.29, 1.82) is 0 Å². The first-order chi connectivity index (χ1) is 12.3. The fourth-order valence-electron chi connectivity index (χ4n) is 2.57. The lowest BCUT2D eigenvalue weighted by Gasteiger charge is -2.21. The Labute approximate surface area is 175 Å². The number of halogens is 1. The van der Waals surface area contributed by atoms with E-state index in [9.17, 15) is 0 Å². The van der Waals surface area contributed by atoms with Crippen molar-refractivity contribution in [2.45, 2.75) is 13.0 Å². The molecule has 6 nitrogen and oxygen atoms in total. The number of benzene rings is 1. The van der Waals surface area contributed by atoms with Gasteiger partial charge in [0.2, 0.25) is 0 Å². The number of aromatic nitrogens is 3. The van der Waals surface area contributed by atoms with Crippen molar-refractivity contribution < 1.29 is 0 Å². The molecule has 0 saturated heterocycles. The van der Waals surface area contributed by atoms with Crippen molar-refractivity contribution in [3.63, 3.8) is 0 Å². The largest absolute Gasteiger partial charge is 0.349 e. The first-order valence-electron chi connectivity index (χ1n) is 8.16. The minimum absolute atomic E-state index is 0. The highest BCUT2D eigenvalue weighted by Crippen LogP contribution is 2.10. The van der Waals surface area contributed by atoms with Crippen LogP contribution in [0.1, 0.15) is 10.7 Å². The molecule has 0 saturated carbocycles. The molecule has 0 bridgehead atoms. The van der Waals surface area contributed by atoms with Crippen LogP contribution < -0.4 is 5.32 Å². The zero-order valence-electron chi connectivity index (χ0n) is 14.9. The Balaban J connectivity index is 0.00000243. The summed E-state index contributed by atoms with van der Waals surface area (Å²) in [5.74, 6) is 1.69. The first kappa shape index (κ1) is 20.4. The highest BCUT2D eigenvalue weighted by molar-refractivity contribution is 14.0. The Kier molecular flexibility index (Phi) is 8.05. The van der Waals surface area contributed by atoms with E-state index in [2.05, 4.69) is 42.9 Å². The van der Waals surface area contributed by atoms with E-state index in [0.717, 1.165) is 30.4 Å². The summed E-state index contributed by atoms with van der Waals surface area (Å²) < 4.78 is 1.98. The monoisotopic (exact) mass is 482 g/mol. The number of rotatable bonds is 6. The van der Waals surface area contributed by atoms with Crippen molar-refractivity contribution >= 4 is 41.3 Å². The van der Waals surface area contributed by atoms with Crippen molar-refractivity contribution in [3.8, 4) is 5.69 Å². The molecular formula is C18H23IN6S. The Morgan fingerprint density at radius 3 is 2.73 bits per heavy atom. The zero-order chi connectivity index (χ0) is 17.5. The maximum Gasteiger partial charge on any atom is 0.193 e. The Morgan fingerprint density at radius 1 is 1.23 bits per heavy atom. The molecule has 0 aliphatic heterocycles. The minimum atomic E-state index is 0. The van der Waals surface area contributed by atoms with Crippen molar-refractivity contribution in [2.24, 2.45) is 4.99 Å². The van der Waals surface area contributed by atoms with Crippen LogP contribution in [0.25, 0.3) is 5.69 Å². The Morgan fingerprint density at radius 2 is 2.04 bits per heavy atom. The van der Waals surface area contributed by atoms with Crippen LogP contribution in [0.5, 0.6) is 0 Å². The number of para-hydroxylation sites is 1. The minimum Gasteiger partial charge on any atom is -0.349 e. The van der Waals surface area contributed by atoms with Crippen LogP contribution in [0.15, 0.2) is 59.2 Å². The summed E-state index contributed by atoms with van der Waals surface area (Å²) in [6.45, 7) is 1.47. The quantitative estimate of drug-likeness (QED) is 0.333. The van der Waals surface area contributed by atoms with Crippen LogP contribution in [0.4, 0.5) is 0 Å². The number of guanidine groups is 1. The zero-order valence-corrected chi connectivity index (χ0v) is 18.0. The SMILES string of the molecule is CN=C(NCc1nncn1-c1ccccc1)N(C)CCc1cccs1.I. The lowest BCUT2D eigenvalue weighted by Crippen LogP contribution is -2.39. The van der Waals surface area contributed by atoms with Gasteiger partial charge < -0.3 is 10.2 Å². The van der Waals surface area contributed by atoms with Crippen LogP contribution >= 0.6 is 35.3 Å². The van der Waals surface area contributed by atoms with Gasteiger partial charge in [-0.2, -0.15) is 0 Å². The van der Waals surface area contributed by atoms with Crippen LogP contribution in [-0.2, 0) is 13.0 Å². The molecule has 0 aliphatic carbocycles. The average molecular weight is 482 g/mol. The summed E-state index contributed by atoms with van der Waals surface area (Å²) in [4.78, 5) is 7.88. The second-order valence-corrected chi connectivity index (χ2v) is 6.64. The molecule has 2 aromatic heterocycles. The highest BCUT2D eigenvalue weighted by Gasteiger charge is 2.10. The standard InChI is InChI=1S/C18H22N6S.HI/c1-19-18(23(2)11-10-16-9-6-12-25-16)20-13-17-22-21-14-24(17)15-7-4-3-5-8-15;/h3-9,12,14H,10-11,13H2,1-2H3,(H,19,20);1H. The van der Waals surface area contributed by atoms with E-state index in [0.29, 0.717) is 6.54 Å². The Bertz CT molecular complexity index is 800. The number of nitrogens with one attached hydrogen (secondary N) is 1. The topological polar surface area (TPSA) is 58.3 Å². The van der Waals surface area contributed by atoms with Crippen LogP contribution in [0.3, 0.4) is 0 Å². The van der Waals surface area contributed by atoms with Gasteiger partial charge in [0.1, 0.15) is 6.33 Å². The molecule has 26 heavy (non-hydrogen) atoms. The molecule has 8 heteroatoms. The van der Waals surface area contributed by atoms with E-state index >= 15 is 0 Å². The number of hydrogen-bond acceptors (Lipinski definition) is 4. The highest BCUT2D eigenvalue weighted by atomic mass is 127. The summed E-state index contributed by atoms with van der Waals surface area (Å²) in [5, 5.41) is 13.7. The van der Waals surface area contributed by atoms with Crippen LogP contribution in [0.2, 0.25) is 0 Å². The Hall–Kier alpha value is -1.94. The average Bonchev–Trinajstić information content (AvgIpc) is 3.33. The number of nitrogens with zero attached hydrogens (tertiary/aromatic N) is 5. The van der Waals surface area contributed by atoms with Crippen molar-refractivity contribution in [3.05, 3.63) is 64.9 Å². The van der Waals surface area contributed by atoms with Gasteiger partial charge in [0.05, 0.1) is 6.54 Å². The normalized spacial score (nSPS) is 11.1. The first-order valence-corrected chi connectivity index (χ1v) is 9.04. The van der Waals surface area contributed by atoms with Crippen LogP contribution in [0, 0.1) is 0 Å². The molecular weight excluding hydrogens is 459 g/mol. The third kappa shape index (κ3) is 5.28. The van der Waals surface area contributed by atoms with E-state index < -0.39 is 0 Å². The van der Waals surface area contributed by atoms with E-state index in [1.807, 2.05) is 41.9 Å². The molecule has 1 N–H and O–H groups in total. The maximum atomic E-state index is 4.37. The molecule has 0 atom stereocenters. The summed E-state index contributed by atoms with van der Waals surface area (Å²) in [6.07, 6.45) is 2.74. The predicted octanol–water partition coefficient (Wildman–Crippen LogP) is 3.20. The second-order valence-electron chi connectivity index (χ2n) is 5.60. The van der Waals surface area contributed by atoms with Gasteiger partial charge in [0.15, 0.2) is 11.8 Å². The smallest absolute Gasteiger partial charge is 0.193 e. The molecule has 3 rings (SSSR count). The number of likely N-dealkylation sites (N-methyl/N-ethyl adjacent to an activating group) is 1. The van der Waals surface area contributed by atoms with E-state index in [-0.39, 0.29) is 24.0 Å². The van der Waals surface area contributed by atoms with E-state index in [1.165, 1.54) is 4.88 Å². The fraction of sp³-hybridized carbons (Fsp3) is 0.278. The molecule has 2 heterocycles. The second kappa shape index (κ2) is 10.3. The van der Waals surface area contributed by atoms with Crippen molar-refractivity contribution in [2.75, 3.05) is 20.6 Å². The van der Waals surface area contributed by atoms with Crippen molar-refractivity contribution in [1.82, 2.24) is 25.0 Å². The summed E-state index contributed by atoms with van der Waals surface area (Å²) >= 11 is 1.79. The van der Waals surface area contributed by atoms with Gasteiger partial charge in [-0.3, -0.25) is 9.56 Å². The molecule has 0 radical (unpaired) electrons. The third-order valence-electron chi connectivity index (χ3n) is 3.90. The van der Waals surface area contributed by atoms with Gasteiger partial charge in [0.25, 0.3) is 0 Å². The predicted molar refractivity (Wildman–Crippen MR) is 118 cm³/mol. The van der Waals surface area contributed by atoms with Gasteiger partial charge in [-0.15, -0.1) is 45.5 Å². The van der Waals surface area contributed by atoms with Gasteiger partial charge in [-0.1, -0.05) is 24.3 Å². The van der Waals surface area contributed by atoms with Gasteiger partial charge in [-0.05, 0) is 30.0 Å². The lowest BCUT2D eigenvalue weighted by molar-refractivity contribution is 0.484. The molecule has 1 aromatic carbocycles. The van der Waals surface area contributed by atoms with Gasteiger partial charge in [0, 0.05) is 31.2 Å². The fourth-order valence-corrected chi connectivity index (χ4v) is 3.26. The summed E-state index contributed by atoms with van der Waals surface area (Å²) in [5.41, 5.74) is 1.05. The summed E-state index contributed by atoms with van der Waals surface area (Å²) in [7, 11) is 3.84. The molecule has 0 unspecified atom stereocenters. The lowest BCUT2D eigenvalue weighted by atomic mass is 10.3. The molecule has 138 valence electrons. The molecule has 0 aliphatic rings. The summed E-state index contributed by atoms with van der Waals surface area (Å²) in [6, 6.07) is 14.3. The molecule has 3 aromatic rings. The van der Waals surface area contributed by atoms with Crippen LogP contribution in [-0.4, -0.2) is 46.3 Å². The van der Waals surface area contributed by atoms with E-state index in [4.69, 9.17) is 0 Å².